The molecule has 1 amide bonds. The van der Waals surface area contributed by atoms with Crippen molar-refractivity contribution in [2.24, 2.45) is 0 Å². The van der Waals surface area contributed by atoms with Crippen molar-refractivity contribution in [2.75, 3.05) is 0 Å². The number of hydrogen-bond donors (Lipinski definition) is 1. The van der Waals surface area contributed by atoms with Crippen LogP contribution in [0.3, 0.4) is 0 Å². The van der Waals surface area contributed by atoms with E-state index in [0.29, 0.717) is 12.8 Å². The van der Waals surface area contributed by atoms with Crippen LogP contribution in [-0.4, -0.2) is 33.8 Å². The van der Waals surface area contributed by atoms with E-state index in [1.54, 1.807) is 25.7 Å². The minimum absolute atomic E-state index is 0.212. The molecule has 7 heteroatoms. The molecule has 0 saturated carbocycles. The SMILES string of the molecule is CC(C)(C)OC(=O)N1C2CCC1CC(O)(c1cccc(C(F)(F)F)c1)C2. The first-order valence-corrected chi connectivity index (χ1v) is 8.80. The number of alkyl halides is 3. The van der Waals surface area contributed by atoms with Crippen molar-refractivity contribution >= 4 is 6.09 Å². The van der Waals surface area contributed by atoms with Crippen molar-refractivity contribution in [3.05, 3.63) is 35.4 Å². The number of amides is 1. The van der Waals surface area contributed by atoms with Gasteiger partial charge in [0.05, 0.1) is 11.2 Å². The molecule has 2 atom stereocenters. The van der Waals surface area contributed by atoms with Crippen molar-refractivity contribution in [2.45, 2.75) is 75.9 Å². The predicted octanol–water partition coefficient (Wildman–Crippen LogP) is 4.45. The van der Waals surface area contributed by atoms with Crippen LogP contribution in [0.15, 0.2) is 24.3 Å². The van der Waals surface area contributed by atoms with Gasteiger partial charge in [-0.25, -0.2) is 4.79 Å². The highest BCUT2D eigenvalue weighted by Gasteiger charge is 2.51. The maximum atomic E-state index is 13.0. The fourth-order valence-electron chi connectivity index (χ4n) is 4.06. The third-order valence-corrected chi connectivity index (χ3v) is 5.10. The number of aliphatic hydroxyl groups is 1. The fourth-order valence-corrected chi connectivity index (χ4v) is 4.06. The number of hydrogen-bond acceptors (Lipinski definition) is 3. The lowest BCUT2D eigenvalue weighted by Crippen LogP contribution is -2.53. The highest BCUT2D eigenvalue weighted by atomic mass is 19.4. The van der Waals surface area contributed by atoms with Crippen molar-refractivity contribution in [1.29, 1.82) is 0 Å². The standard InChI is InChI=1S/C19H24F3NO3/c1-17(2,3)26-16(24)23-14-7-8-15(23)11-18(25,10-14)12-5-4-6-13(9-12)19(20,21)22/h4-6,9,14-15,25H,7-8,10-11H2,1-3H3. The number of rotatable bonds is 1. The molecule has 2 heterocycles. The molecule has 1 aromatic carbocycles. The number of carbonyl (C=O) groups is 1. The van der Waals surface area contributed by atoms with Crippen LogP contribution in [0.4, 0.5) is 18.0 Å². The van der Waals surface area contributed by atoms with Gasteiger partial charge in [0.1, 0.15) is 5.60 Å². The Morgan fingerprint density at radius 3 is 2.27 bits per heavy atom. The Bertz CT molecular complexity index is 682. The van der Waals surface area contributed by atoms with E-state index in [9.17, 15) is 23.1 Å². The van der Waals surface area contributed by atoms with Crippen LogP contribution >= 0.6 is 0 Å². The molecule has 3 rings (SSSR count). The van der Waals surface area contributed by atoms with Gasteiger partial charge >= 0.3 is 12.3 Å². The first-order valence-electron chi connectivity index (χ1n) is 8.80. The number of fused-ring (bicyclic) bond motifs is 2. The van der Waals surface area contributed by atoms with E-state index in [1.165, 1.54) is 12.1 Å². The van der Waals surface area contributed by atoms with E-state index in [-0.39, 0.29) is 30.5 Å². The van der Waals surface area contributed by atoms with Gasteiger partial charge < -0.3 is 14.7 Å². The van der Waals surface area contributed by atoms with Gasteiger partial charge in [-0.3, -0.25) is 0 Å². The minimum Gasteiger partial charge on any atom is -0.444 e. The maximum Gasteiger partial charge on any atom is 0.416 e. The van der Waals surface area contributed by atoms with Gasteiger partial charge in [-0.1, -0.05) is 12.1 Å². The van der Waals surface area contributed by atoms with Gasteiger partial charge in [0.15, 0.2) is 0 Å². The van der Waals surface area contributed by atoms with E-state index < -0.39 is 29.0 Å². The molecule has 2 fully saturated rings. The summed E-state index contributed by atoms with van der Waals surface area (Å²) in [4.78, 5) is 14.1. The van der Waals surface area contributed by atoms with Crippen LogP contribution in [0.2, 0.25) is 0 Å². The molecule has 144 valence electrons. The van der Waals surface area contributed by atoms with Crippen LogP contribution in [0.25, 0.3) is 0 Å². The highest BCUT2D eigenvalue weighted by Crippen LogP contribution is 2.46. The van der Waals surface area contributed by atoms with Crippen LogP contribution < -0.4 is 0 Å². The van der Waals surface area contributed by atoms with Crippen molar-refractivity contribution in [3.8, 4) is 0 Å². The summed E-state index contributed by atoms with van der Waals surface area (Å²) in [5.74, 6) is 0. The van der Waals surface area contributed by atoms with Crippen molar-refractivity contribution in [3.63, 3.8) is 0 Å². The van der Waals surface area contributed by atoms with E-state index in [0.717, 1.165) is 12.1 Å². The third-order valence-electron chi connectivity index (χ3n) is 5.10. The lowest BCUT2D eigenvalue weighted by Gasteiger charge is -2.44. The smallest absolute Gasteiger partial charge is 0.416 e. The molecule has 2 bridgehead atoms. The first-order chi connectivity index (χ1) is 11.9. The second-order valence-electron chi connectivity index (χ2n) is 8.29. The molecule has 0 aromatic heterocycles. The minimum atomic E-state index is -4.46. The zero-order valence-electron chi connectivity index (χ0n) is 15.1. The van der Waals surface area contributed by atoms with Crippen molar-refractivity contribution in [1.82, 2.24) is 4.90 Å². The van der Waals surface area contributed by atoms with E-state index in [2.05, 4.69) is 0 Å². The summed E-state index contributed by atoms with van der Waals surface area (Å²) in [6.45, 7) is 5.36. The van der Waals surface area contributed by atoms with Gasteiger partial charge in [0, 0.05) is 24.9 Å². The Kier molecular flexibility index (Phi) is 4.50. The van der Waals surface area contributed by atoms with Gasteiger partial charge in [0.2, 0.25) is 0 Å². The molecule has 2 aliphatic heterocycles. The topological polar surface area (TPSA) is 49.8 Å². The molecule has 1 N–H and O–H groups in total. The summed E-state index contributed by atoms with van der Waals surface area (Å²) >= 11 is 0. The Morgan fingerprint density at radius 1 is 1.19 bits per heavy atom. The summed E-state index contributed by atoms with van der Waals surface area (Å²) in [7, 11) is 0. The molecule has 2 aliphatic rings. The Balaban J connectivity index is 1.83. The van der Waals surface area contributed by atoms with Crippen molar-refractivity contribution < 1.29 is 27.8 Å². The number of benzene rings is 1. The summed E-state index contributed by atoms with van der Waals surface area (Å²) in [6, 6.07) is 4.39. The van der Waals surface area contributed by atoms with E-state index >= 15 is 0 Å². The van der Waals surface area contributed by atoms with Crippen LogP contribution in [0, 0.1) is 0 Å². The van der Waals surface area contributed by atoms with Crippen LogP contribution in [0.1, 0.15) is 57.6 Å². The summed E-state index contributed by atoms with van der Waals surface area (Å²) in [6.07, 6.45) is -3.02. The zero-order chi connectivity index (χ0) is 19.3. The van der Waals surface area contributed by atoms with E-state index in [1.807, 2.05) is 0 Å². The zero-order valence-corrected chi connectivity index (χ0v) is 15.1. The number of halogens is 3. The molecular formula is C19H24F3NO3. The summed E-state index contributed by atoms with van der Waals surface area (Å²) < 4.78 is 44.5. The molecule has 4 nitrogen and oxygen atoms in total. The highest BCUT2D eigenvalue weighted by molar-refractivity contribution is 5.69. The fraction of sp³-hybridized carbons (Fsp3) is 0.632. The average molecular weight is 371 g/mol. The summed E-state index contributed by atoms with van der Waals surface area (Å²) in [5.41, 5.74) is -2.50. The number of carbonyl (C=O) groups excluding carboxylic acids is 1. The summed E-state index contributed by atoms with van der Waals surface area (Å²) in [5, 5.41) is 11.1. The largest absolute Gasteiger partial charge is 0.444 e. The monoisotopic (exact) mass is 371 g/mol. The lowest BCUT2D eigenvalue weighted by atomic mass is 9.80. The maximum absolute atomic E-state index is 13.0. The van der Waals surface area contributed by atoms with Crippen LogP contribution in [-0.2, 0) is 16.5 Å². The molecule has 0 aliphatic carbocycles. The Hall–Kier alpha value is -1.76. The lowest BCUT2D eigenvalue weighted by molar-refractivity contribution is -0.137. The average Bonchev–Trinajstić information content (AvgIpc) is 2.78. The third kappa shape index (κ3) is 3.68. The van der Waals surface area contributed by atoms with Gasteiger partial charge in [-0.15, -0.1) is 0 Å². The molecule has 2 unspecified atom stereocenters. The van der Waals surface area contributed by atoms with E-state index in [4.69, 9.17) is 4.74 Å². The number of ether oxygens (including phenoxy) is 1. The predicted molar refractivity (Wildman–Crippen MR) is 89.5 cm³/mol. The molecule has 2 saturated heterocycles. The second kappa shape index (κ2) is 6.15. The Labute approximate surface area is 150 Å². The van der Waals surface area contributed by atoms with Gasteiger partial charge in [0.25, 0.3) is 0 Å². The molecule has 1 aromatic rings. The quantitative estimate of drug-likeness (QED) is 0.793. The number of piperidine rings is 1. The Morgan fingerprint density at radius 2 is 1.77 bits per heavy atom. The normalized spacial score (nSPS) is 29.0. The van der Waals surface area contributed by atoms with Gasteiger partial charge in [-0.2, -0.15) is 13.2 Å². The van der Waals surface area contributed by atoms with Gasteiger partial charge in [-0.05, 0) is 51.3 Å². The second-order valence-corrected chi connectivity index (χ2v) is 8.29. The molecular weight excluding hydrogens is 347 g/mol. The molecule has 26 heavy (non-hydrogen) atoms. The molecule has 0 spiro atoms. The number of nitrogens with zero attached hydrogens (tertiary/aromatic N) is 1. The molecule has 0 radical (unpaired) electrons. The van der Waals surface area contributed by atoms with Crippen LogP contribution in [0.5, 0.6) is 0 Å². The first kappa shape index (κ1) is 19.0.